The number of nitrogens with zero attached hydrogens (tertiary/aromatic N) is 5. The number of ether oxygens (including phenoxy) is 1. The van der Waals surface area contributed by atoms with Gasteiger partial charge in [0.1, 0.15) is 5.69 Å². The van der Waals surface area contributed by atoms with E-state index < -0.39 is 15.8 Å². The summed E-state index contributed by atoms with van der Waals surface area (Å²) in [4.78, 5) is 13.4. The molecule has 11 heteroatoms. The van der Waals surface area contributed by atoms with Crippen molar-refractivity contribution in [3.8, 4) is 5.75 Å². The Labute approximate surface area is 168 Å². The van der Waals surface area contributed by atoms with Crippen LogP contribution < -0.4 is 4.74 Å². The number of rotatable bonds is 7. The molecule has 3 heterocycles. The Balaban J connectivity index is 1.39. The highest BCUT2D eigenvalue weighted by Crippen LogP contribution is 2.30. The molecule has 2 saturated heterocycles. The Morgan fingerprint density at radius 2 is 2.10 bits per heavy atom. The number of aromatic nitrogens is 3. The minimum Gasteiger partial charge on any atom is -0.491 e. The Morgan fingerprint density at radius 1 is 1.31 bits per heavy atom. The zero-order valence-corrected chi connectivity index (χ0v) is 16.8. The Kier molecular flexibility index (Phi) is 5.26. The van der Waals surface area contributed by atoms with Crippen LogP contribution in [0.3, 0.4) is 0 Å². The van der Waals surface area contributed by atoms with Crippen molar-refractivity contribution < 1.29 is 22.3 Å². The molecule has 156 valence electrons. The van der Waals surface area contributed by atoms with E-state index in [2.05, 4.69) is 10.3 Å². The van der Waals surface area contributed by atoms with Crippen molar-refractivity contribution in [3.05, 3.63) is 35.9 Å². The second-order valence-corrected chi connectivity index (χ2v) is 9.05. The van der Waals surface area contributed by atoms with E-state index >= 15 is 0 Å². The number of amides is 1. The molecule has 0 unspecified atom stereocenters. The van der Waals surface area contributed by atoms with Gasteiger partial charge in [0.05, 0.1) is 30.3 Å². The molecule has 29 heavy (non-hydrogen) atoms. The van der Waals surface area contributed by atoms with Gasteiger partial charge in [-0.15, -0.1) is 5.10 Å². The highest BCUT2D eigenvalue weighted by Gasteiger charge is 2.38. The summed E-state index contributed by atoms with van der Waals surface area (Å²) >= 11 is 0. The van der Waals surface area contributed by atoms with E-state index in [4.69, 9.17) is 4.74 Å². The third-order valence-corrected chi connectivity index (χ3v) is 6.95. The van der Waals surface area contributed by atoms with Crippen LogP contribution in [0, 0.1) is 5.82 Å². The summed E-state index contributed by atoms with van der Waals surface area (Å²) in [6, 6.07) is 3.51. The monoisotopic (exact) mass is 423 g/mol. The maximum absolute atomic E-state index is 14.0. The van der Waals surface area contributed by atoms with Crippen molar-refractivity contribution in [1.29, 1.82) is 0 Å². The summed E-state index contributed by atoms with van der Waals surface area (Å²) in [5, 5.41) is 8.16. The summed E-state index contributed by atoms with van der Waals surface area (Å²) < 4.78 is 47.5. The predicted molar refractivity (Wildman–Crippen MR) is 100 cm³/mol. The molecule has 9 nitrogen and oxygen atoms in total. The van der Waals surface area contributed by atoms with Crippen molar-refractivity contribution in [1.82, 2.24) is 24.2 Å². The smallest absolute Gasteiger partial charge is 0.243 e. The van der Waals surface area contributed by atoms with Crippen molar-refractivity contribution in [2.24, 2.45) is 0 Å². The molecule has 0 atom stereocenters. The van der Waals surface area contributed by atoms with Crippen molar-refractivity contribution in [3.63, 3.8) is 0 Å². The molecule has 2 aromatic rings. The summed E-state index contributed by atoms with van der Waals surface area (Å²) in [7, 11) is -3.79. The number of hydrogen-bond donors (Lipinski definition) is 0. The molecule has 2 aliphatic heterocycles. The predicted octanol–water partition coefficient (Wildman–Crippen LogP) is 1.18. The maximum atomic E-state index is 14.0. The fraction of sp³-hybridized carbons (Fsp3) is 0.500. The van der Waals surface area contributed by atoms with Crippen LogP contribution in [0.15, 0.2) is 29.3 Å². The fourth-order valence-electron chi connectivity index (χ4n) is 3.47. The number of carbonyl (C=O) groups excluding carboxylic acids is 1. The zero-order chi connectivity index (χ0) is 20.6. The highest BCUT2D eigenvalue weighted by molar-refractivity contribution is 7.89. The molecule has 0 spiro atoms. The lowest BCUT2D eigenvalue weighted by Gasteiger charge is -2.37. The van der Waals surface area contributed by atoms with Crippen LogP contribution in [0.2, 0.25) is 0 Å². The third-order valence-electron chi connectivity index (χ3n) is 5.13. The second kappa shape index (κ2) is 7.71. The number of benzene rings is 1. The zero-order valence-electron chi connectivity index (χ0n) is 16.0. The van der Waals surface area contributed by atoms with Crippen molar-refractivity contribution in [2.75, 3.05) is 26.2 Å². The summed E-state index contributed by atoms with van der Waals surface area (Å²) in [5.74, 6) is -0.565. The molecule has 2 fully saturated rings. The first-order chi connectivity index (χ1) is 13.9. The van der Waals surface area contributed by atoms with E-state index in [0.717, 1.165) is 19.0 Å². The lowest BCUT2D eigenvalue weighted by Crippen LogP contribution is -2.50. The molecule has 4 rings (SSSR count). The van der Waals surface area contributed by atoms with Crippen molar-refractivity contribution >= 4 is 15.9 Å². The Morgan fingerprint density at radius 3 is 2.76 bits per heavy atom. The van der Waals surface area contributed by atoms with Crippen LogP contribution in [-0.4, -0.2) is 64.8 Å². The molecule has 0 radical (unpaired) electrons. The maximum Gasteiger partial charge on any atom is 0.243 e. The van der Waals surface area contributed by atoms with Crippen LogP contribution >= 0.6 is 0 Å². The molecule has 1 aromatic heterocycles. The normalized spacial score (nSPS) is 18.3. The van der Waals surface area contributed by atoms with Gasteiger partial charge < -0.3 is 9.64 Å². The summed E-state index contributed by atoms with van der Waals surface area (Å²) in [6.45, 7) is 3.61. The summed E-state index contributed by atoms with van der Waals surface area (Å²) in [6.07, 6.45) is 3.17. The molecule has 0 bridgehead atoms. The van der Waals surface area contributed by atoms with Gasteiger partial charge in [-0.2, -0.15) is 4.31 Å². The number of halogens is 1. The van der Waals surface area contributed by atoms with Crippen LogP contribution in [0.25, 0.3) is 0 Å². The number of likely N-dealkylation sites (tertiary alicyclic amines) is 1. The molecule has 0 aliphatic carbocycles. The van der Waals surface area contributed by atoms with Gasteiger partial charge in [-0.3, -0.25) is 4.79 Å². The molecular weight excluding hydrogens is 401 g/mol. The van der Waals surface area contributed by atoms with Gasteiger partial charge in [-0.05, 0) is 31.5 Å². The first-order valence-electron chi connectivity index (χ1n) is 9.49. The molecule has 0 saturated carbocycles. The summed E-state index contributed by atoms with van der Waals surface area (Å²) in [5.41, 5.74) is 0.676. The topological polar surface area (TPSA) is 97.6 Å². The van der Waals surface area contributed by atoms with E-state index in [-0.39, 0.29) is 35.7 Å². The fourth-order valence-corrected chi connectivity index (χ4v) is 5.00. The minimum atomic E-state index is -3.79. The van der Waals surface area contributed by atoms with E-state index in [0.29, 0.717) is 25.3 Å². The van der Waals surface area contributed by atoms with Gasteiger partial charge >= 0.3 is 0 Å². The molecule has 0 N–H and O–H groups in total. The first kappa shape index (κ1) is 19.8. The average molecular weight is 423 g/mol. The van der Waals surface area contributed by atoms with E-state index in [1.54, 1.807) is 22.7 Å². The van der Waals surface area contributed by atoms with Crippen LogP contribution in [0.5, 0.6) is 5.75 Å². The average Bonchev–Trinajstić information content (AvgIpc) is 3.25. The lowest BCUT2D eigenvalue weighted by molar-refractivity contribution is -0.128. The van der Waals surface area contributed by atoms with Gasteiger partial charge in [0.25, 0.3) is 0 Å². The SMILES string of the molecule is CCOc1ccc(S(=O)(=O)N2CC(n3cc(CN4CCCC4=O)nn3)C2)cc1F. The molecule has 1 amide bonds. The Bertz CT molecular complexity index is 1020. The van der Waals surface area contributed by atoms with Gasteiger partial charge in [-0.1, -0.05) is 5.21 Å². The van der Waals surface area contributed by atoms with Gasteiger partial charge in [0.2, 0.25) is 15.9 Å². The van der Waals surface area contributed by atoms with E-state index in [1.807, 2.05) is 0 Å². The lowest BCUT2D eigenvalue weighted by atomic mass is 10.2. The first-order valence-corrected chi connectivity index (χ1v) is 10.9. The third kappa shape index (κ3) is 3.84. The molecule has 2 aliphatic rings. The van der Waals surface area contributed by atoms with E-state index in [9.17, 15) is 17.6 Å². The van der Waals surface area contributed by atoms with Crippen molar-refractivity contribution in [2.45, 2.75) is 37.2 Å². The van der Waals surface area contributed by atoms with E-state index in [1.165, 1.54) is 16.4 Å². The number of carbonyl (C=O) groups is 1. The largest absolute Gasteiger partial charge is 0.491 e. The Hall–Kier alpha value is -2.53. The number of sulfonamides is 1. The van der Waals surface area contributed by atoms with Gasteiger partial charge in [0, 0.05) is 26.1 Å². The quantitative estimate of drug-likeness (QED) is 0.664. The number of hydrogen-bond acceptors (Lipinski definition) is 6. The van der Waals surface area contributed by atoms with Gasteiger partial charge in [0.15, 0.2) is 11.6 Å². The second-order valence-electron chi connectivity index (χ2n) is 7.11. The molecular formula is C18H22FN5O4S. The standard InChI is InChI=1S/C18H22FN5O4S/c1-2-28-17-6-5-15(8-16(17)19)29(26,27)23-11-14(12-23)24-10-13(20-21-24)9-22-7-3-4-18(22)25/h5-6,8,10,14H,2-4,7,9,11-12H2,1H3. The van der Waals surface area contributed by atoms with Crippen LogP contribution in [0.4, 0.5) is 4.39 Å². The minimum absolute atomic E-state index is 0.0274. The molecule has 1 aromatic carbocycles. The van der Waals surface area contributed by atoms with Crippen LogP contribution in [0.1, 0.15) is 31.5 Å². The highest BCUT2D eigenvalue weighted by atomic mass is 32.2. The van der Waals surface area contributed by atoms with Gasteiger partial charge in [-0.25, -0.2) is 17.5 Å². The van der Waals surface area contributed by atoms with Crippen LogP contribution in [-0.2, 0) is 21.4 Å².